The molecule has 1 aliphatic rings. The number of aryl methyl sites for hydroxylation is 1. The highest BCUT2D eigenvalue weighted by Gasteiger charge is 2.23. The zero-order valence-electron chi connectivity index (χ0n) is 13.2. The molecule has 0 atom stereocenters. The largest absolute Gasteiger partial charge is 0.346 e. The minimum atomic E-state index is 0.0271. The number of aromatic nitrogens is 3. The fraction of sp³-hybridized carbons (Fsp3) is 0.529. The summed E-state index contributed by atoms with van der Waals surface area (Å²) in [6.07, 6.45) is 3.03. The summed E-state index contributed by atoms with van der Waals surface area (Å²) in [5.74, 6) is 1.35. The van der Waals surface area contributed by atoms with Gasteiger partial charge in [-0.2, -0.15) is 5.10 Å². The number of rotatable bonds is 5. The van der Waals surface area contributed by atoms with Gasteiger partial charge in [0.1, 0.15) is 5.82 Å². The van der Waals surface area contributed by atoms with E-state index < -0.39 is 0 Å². The van der Waals surface area contributed by atoms with Crippen molar-refractivity contribution in [2.45, 2.75) is 45.2 Å². The van der Waals surface area contributed by atoms with Crippen molar-refractivity contribution in [1.82, 2.24) is 19.7 Å². The van der Waals surface area contributed by atoms with Crippen LogP contribution in [0.2, 0.25) is 0 Å². The summed E-state index contributed by atoms with van der Waals surface area (Å²) in [5, 5.41) is 8.04. The van der Waals surface area contributed by atoms with Crippen LogP contribution in [0.4, 0.5) is 0 Å². The van der Waals surface area contributed by atoms with Crippen LogP contribution >= 0.6 is 0 Å². The fourth-order valence-electron chi connectivity index (χ4n) is 3.11. The summed E-state index contributed by atoms with van der Waals surface area (Å²) in [4.78, 5) is 12.7. The molecule has 5 nitrogen and oxygen atoms in total. The molecule has 1 saturated heterocycles. The van der Waals surface area contributed by atoms with E-state index in [0.717, 1.165) is 43.7 Å². The highest BCUT2D eigenvalue weighted by molar-refractivity contribution is 5.16. The highest BCUT2D eigenvalue weighted by atomic mass is 16.2. The van der Waals surface area contributed by atoms with Crippen LogP contribution in [0.25, 0.3) is 0 Å². The lowest BCUT2D eigenvalue weighted by Crippen LogP contribution is -2.30. The molecule has 1 aromatic heterocycles. The van der Waals surface area contributed by atoms with Crippen molar-refractivity contribution < 1.29 is 0 Å². The van der Waals surface area contributed by atoms with Gasteiger partial charge in [0.05, 0.1) is 6.54 Å². The van der Waals surface area contributed by atoms with Crippen molar-refractivity contribution in [3.05, 3.63) is 52.2 Å². The van der Waals surface area contributed by atoms with Gasteiger partial charge in [-0.3, -0.25) is 4.57 Å². The first kappa shape index (κ1) is 15.0. The molecule has 1 aliphatic heterocycles. The van der Waals surface area contributed by atoms with Crippen molar-refractivity contribution in [1.29, 1.82) is 0 Å². The second-order valence-electron chi connectivity index (χ2n) is 5.96. The molecule has 0 bridgehead atoms. The van der Waals surface area contributed by atoms with E-state index in [1.165, 1.54) is 0 Å². The summed E-state index contributed by atoms with van der Waals surface area (Å²) in [6, 6.07) is 10.2. The van der Waals surface area contributed by atoms with Gasteiger partial charge in [-0.1, -0.05) is 37.3 Å². The van der Waals surface area contributed by atoms with Crippen LogP contribution in [0.1, 0.15) is 43.5 Å². The zero-order valence-corrected chi connectivity index (χ0v) is 13.2. The lowest BCUT2D eigenvalue weighted by atomic mass is 9.97. The predicted molar refractivity (Wildman–Crippen MR) is 87.2 cm³/mol. The average Bonchev–Trinajstić information content (AvgIpc) is 2.87. The first-order valence-electron chi connectivity index (χ1n) is 8.21. The van der Waals surface area contributed by atoms with Gasteiger partial charge < -0.3 is 5.32 Å². The fourth-order valence-corrected chi connectivity index (χ4v) is 3.11. The Morgan fingerprint density at radius 2 is 1.95 bits per heavy atom. The van der Waals surface area contributed by atoms with Crippen LogP contribution < -0.4 is 11.0 Å². The molecule has 5 heteroatoms. The Balaban J connectivity index is 1.96. The topological polar surface area (TPSA) is 51.9 Å². The minimum absolute atomic E-state index is 0.0271. The van der Waals surface area contributed by atoms with Crippen LogP contribution in [0, 0.1) is 0 Å². The first-order valence-corrected chi connectivity index (χ1v) is 8.21. The molecule has 0 saturated carbocycles. The second kappa shape index (κ2) is 6.92. The molecule has 1 aromatic carbocycles. The van der Waals surface area contributed by atoms with Gasteiger partial charge in [-0.25, -0.2) is 9.48 Å². The third kappa shape index (κ3) is 3.14. The predicted octanol–water partition coefficient (Wildman–Crippen LogP) is 1.97. The van der Waals surface area contributed by atoms with Gasteiger partial charge in [-0.15, -0.1) is 0 Å². The van der Waals surface area contributed by atoms with Gasteiger partial charge in [0.15, 0.2) is 0 Å². The molecule has 22 heavy (non-hydrogen) atoms. The molecule has 0 spiro atoms. The van der Waals surface area contributed by atoms with E-state index in [2.05, 4.69) is 29.5 Å². The zero-order chi connectivity index (χ0) is 15.4. The molecule has 0 unspecified atom stereocenters. The molecular formula is C17H24N4O. The van der Waals surface area contributed by atoms with Gasteiger partial charge in [0, 0.05) is 12.5 Å². The van der Waals surface area contributed by atoms with Gasteiger partial charge in [-0.05, 0) is 37.9 Å². The van der Waals surface area contributed by atoms with Gasteiger partial charge >= 0.3 is 5.69 Å². The molecule has 2 aromatic rings. The normalized spacial score (nSPS) is 16.0. The van der Waals surface area contributed by atoms with Gasteiger partial charge in [0.25, 0.3) is 0 Å². The lowest BCUT2D eigenvalue weighted by Gasteiger charge is -2.22. The van der Waals surface area contributed by atoms with Crippen LogP contribution in [0.3, 0.4) is 0 Å². The van der Waals surface area contributed by atoms with Crippen LogP contribution in [0.15, 0.2) is 35.1 Å². The monoisotopic (exact) mass is 300 g/mol. The molecule has 2 heterocycles. The lowest BCUT2D eigenvalue weighted by molar-refractivity contribution is 0.430. The van der Waals surface area contributed by atoms with E-state index in [-0.39, 0.29) is 5.69 Å². The van der Waals surface area contributed by atoms with Crippen LogP contribution in [0.5, 0.6) is 0 Å². The molecular weight excluding hydrogens is 276 g/mol. The van der Waals surface area contributed by atoms with E-state index in [9.17, 15) is 4.79 Å². The van der Waals surface area contributed by atoms with Crippen molar-refractivity contribution in [2.75, 3.05) is 13.1 Å². The molecule has 3 rings (SSSR count). The summed E-state index contributed by atoms with van der Waals surface area (Å²) >= 11 is 0. The smallest absolute Gasteiger partial charge is 0.317 e. The van der Waals surface area contributed by atoms with Crippen molar-refractivity contribution >= 4 is 0 Å². The Hall–Kier alpha value is -1.88. The molecule has 1 fully saturated rings. The standard InChI is InChI=1S/C17H24N4O/c1-2-12-21-17(22)20(13-14-6-4-3-5-7-14)16(19-21)15-8-10-18-11-9-15/h3-7,15,18H,2,8-13H2,1H3. The Morgan fingerprint density at radius 1 is 1.23 bits per heavy atom. The number of nitrogens with one attached hydrogen (secondary N) is 1. The molecule has 1 N–H and O–H groups in total. The Kier molecular flexibility index (Phi) is 4.73. The first-order chi connectivity index (χ1) is 10.8. The summed E-state index contributed by atoms with van der Waals surface area (Å²) in [6.45, 7) is 5.39. The van der Waals surface area contributed by atoms with E-state index in [4.69, 9.17) is 0 Å². The third-order valence-electron chi connectivity index (χ3n) is 4.27. The van der Waals surface area contributed by atoms with E-state index in [0.29, 0.717) is 19.0 Å². The van der Waals surface area contributed by atoms with Gasteiger partial charge in [0.2, 0.25) is 0 Å². The number of hydrogen-bond acceptors (Lipinski definition) is 3. The molecule has 0 aliphatic carbocycles. The van der Waals surface area contributed by atoms with Crippen molar-refractivity contribution in [3.63, 3.8) is 0 Å². The maximum absolute atomic E-state index is 12.7. The summed E-state index contributed by atoms with van der Waals surface area (Å²) in [7, 11) is 0. The second-order valence-corrected chi connectivity index (χ2v) is 5.96. The van der Waals surface area contributed by atoms with E-state index >= 15 is 0 Å². The summed E-state index contributed by atoms with van der Waals surface area (Å²) < 4.78 is 3.52. The Morgan fingerprint density at radius 3 is 2.64 bits per heavy atom. The Bertz CT molecular complexity index is 653. The van der Waals surface area contributed by atoms with E-state index in [1.54, 1.807) is 4.68 Å². The van der Waals surface area contributed by atoms with E-state index in [1.807, 2.05) is 22.8 Å². The van der Waals surface area contributed by atoms with Crippen LogP contribution in [-0.2, 0) is 13.1 Å². The van der Waals surface area contributed by atoms with Crippen LogP contribution in [-0.4, -0.2) is 27.4 Å². The maximum Gasteiger partial charge on any atom is 0.346 e. The summed E-state index contributed by atoms with van der Waals surface area (Å²) in [5.41, 5.74) is 1.18. The average molecular weight is 300 g/mol. The quantitative estimate of drug-likeness (QED) is 0.918. The minimum Gasteiger partial charge on any atom is -0.317 e. The Labute approximate surface area is 131 Å². The SMILES string of the molecule is CCCn1nc(C2CCNCC2)n(Cc2ccccc2)c1=O. The number of benzene rings is 1. The maximum atomic E-state index is 12.7. The third-order valence-corrected chi connectivity index (χ3v) is 4.27. The number of piperidine rings is 1. The number of hydrogen-bond donors (Lipinski definition) is 1. The molecule has 0 radical (unpaired) electrons. The van der Waals surface area contributed by atoms with Crippen molar-refractivity contribution in [2.24, 2.45) is 0 Å². The molecule has 0 amide bonds. The highest BCUT2D eigenvalue weighted by Crippen LogP contribution is 2.23. The van der Waals surface area contributed by atoms with Crippen molar-refractivity contribution in [3.8, 4) is 0 Å². The molecule has 118 valence electrons. The number of nitrogens with zero attached hydrogens (tertiary/aromatic N) is 3.